The van der Waals surface area contributed by atoms with Gasteiger partial charge in [0.15, 0.2) is 0 Å². The molecule has 0 unspecified atom stereocenters. The minimum absolute atomic E-state index is 0.146. The van der Waals surface area contributed by atoms with E-state index >= 15 is 0 Å². The first-order valence-corrected chi connectivity index (χ1v) is 5.67. The molecule has 1 aromatic heterocycles. The van der Waals surface area contributed by atoms with Crippen LogP contribution in [0.5, 0.6) is 0 Å². The summed E-state index contributed by atoms with van der Waals surface area (Å²) in [7, 11) is 0. The molecule has 86 valence electrons. The molecule has 0 aliphatic rings. The van der Waals surface area contributed by atoms with Crippen molar-refractivity contribution in [3.05, 3.63) is 52.6 Å². The maximum Gasteiger partial charge on any atom is 0.339 e. The quantitative estimate of drug-likeness (QED) is 0.911. The number of anilines is 2. The van der Waals surface area contributed by atoms with Crippen molar-refractivity contribution >= 4 is 33.4 Å². The first-order valence-electron chi connectivity index (χ1n) is 4.88. The van der Waals surface area contributed by atoms with Crippen molar-refractivity contribution in [2.75, 3.05) is 5.32 Å². The molecule has 0 radical (unpaired) electrons. The molecule has 2 rings (SSSR count). The second kappa shape index (κ2) is 4.97. The molecule has 4 nitrogen and oxygen atoms in total. The van der Waals surface area contributed by atoms with Crippen molar-refractivity contribution in [1.29, 1.82) is 0 Å². The smallest absolute Gasteiger partial charge is 0.339 e. The van der Waals surface area contributed by atoms with Crippen LogP contribution < -0.4 is 5.32 Å². The van der Waals surface area contributed by atoms with Gasteiger partial charge in [0.2, 0.25) is 0 Å². The van der Waals surface area contributed by atoms with Crippen LogP contribution in [0.15, 0.2) is 47.1 Å². The van der Waals surface area contributed by atoms with E-state index in [-0.39, 0.29) is 5.56 Å². The summed E-state index contributed by atoms with van der Waals surface area (Å²) in [5.41, 5.74) is 0.924. The van der Waals surface area contributed by atoms with E-state index in [0.717, 1.165) is 10.2 Å². The number of nitrogens with zero attached hydrogens (tertiary/aromatic N) is 1. The molecule has 1 heterocycles. The molecular weight excluding hydrogens is 284 g/mol. The van der Waals surface area contributed by atoms with E-state index in [0.29, 0.717) is 5.82 Å². The average molecular weight is 293 g/mol. The predicted octanol–water partition coefficient (Wildman–Crippen LogP) is 3.29. The molecule has 0 bridgehead atoms. The van der Waals surface area contributed by atoms with Gasteiger partial charge in [-0.1, -0.05) is 22.0 Å². The zero-order chi connectivity index (χ0) is 12.3. The molecule has 0 aliphatic heterocycles. The summed E-state index contributed by atoms with van der Waals surface area (Å²) in [5.74, 6) is -0.673. The number of halogens is 1. The van der Waals surface area contributed by atoms with Crippen LogP contribution in [0.2, 0.25) is 0 Å². The van der Waals surface area contributed by atoms with Gasteiger partial charge in [0, 0.05) is 16.4 Å². The van der Waals surface area contributed by atoms with Gasteiger partial charge < -0.3 is 10.4 Å². The molecule has 0 saturated heterocycles. The molecule has 0 saturated carbocycles. The lowest BCUT2D eigenvalue weighted by atomic mass is 10.2. The summed E-state index contributed by atoms with van der Waals surface area (Å²) < 4.78 is 0.912. The Morgan fingerprint density at radius 1 is 1.29 bits per heavy atom. The van der Waals surface area contributed by atoms with Crippen molar-refractivity contribution in [2.45, 2.75) is 0 Å². The highest BCUT2D eigenvalue weighted by atomic mass is 79.9. The van der Waals surface area contributed by atoms with Crippen LogP contribution in [-0.4, -0.2) is 16.1 Å². The number of benzene rings is 1. The van der Waals surface area contributed by atoms with E-state index in [1.807, 2.05) is 24.3 Å². The van der Waals surface area contributed by atoms with Gasteiger partial charge in [-0.05, 0) is 30.3 Å². The van der Waals surface area contributed by atoms with Gasteiger partial charge in [-0.3, -0.25) is 0 Å². The van der Waals surface area contributed by atoms with Crippen LogP contribution in [0.1, 0.15) is 10.4 Å². The fourth-order valence-corrected chi connectivity index (χ4v) is 1.78. The summed E-state index contributed by atoms with van der Waals surface area (Å²) in [4.78, 5) is 15.0. The number of hydrogen-bond donors (Lipinski definition) is 2. The third-order valence-corrected chi connectivity index (χ3v) is 2.62. The molecule has 0 amide bonds. The summed E-state index contributed by atoms with van der Waals surface area (Å²) in [6, 6.07) is 10.5. The zero-order valence-corrected chi connectivity index (χ0v) is 10.3. The maximum absolute atomic E-state index is 11.0. The Labute approximate surface area is 106 Å². The minimum atomic E-state index is -1.00. The number of carboxylic acids is 1. The third-order valence-electron chi connectivity index (χ3n) is 2.13. The molecule has 17 heavy (non-hydrogen) atoms. The molecule has 2 N–H and O–H groups in total. The third kappa shape index (κ3) is 2.82. The first-order chi connectivity index (χ1) is 8.16. The Morgan fingerprint density at radius 2 is 2.12 bits per heavy atom. The monoisotopic (exact) mass is 292 g/mol. The Bertz CT molecular complexity index is 558. The van der Waals surface area contributed by atoms with Gasteiger partial charge in [-0.25, -0.2) is 9.78 Å². The number of carboxylic acid groups (broad SMARTS) is 1. The highest BCUT2D eigenvalue weighted by Crippen LogP contribution is 2.21. The van der Waals surface area contributed by atoms with E-state index in [9.17, 15) is 4.79 Å². The number of aromatic carboxylic acids is 1. The molecule has 0 fully saturated rings. The van der Waals surface area contributed by atoms with Crippen LogP contribution in [-0.2, 0) is 0 Å². The number of rotatable bonds is 3. The molecular formula is C12H9BrN2O2. The molecule has 5 heteroatoms. The normalized spacial score (nSPS) is 9.94. The SMILES string of the molecule is O=C(O)c1cccnc1Nc1cccc(Br)c1. The van der Waals surface area contributed by atoms with Gasteiger partial charge in [0.05, 0.1) is 0 Å². The minimum Gasteiger partial charge on any atom is -0.478 e. The van der Waals surface area contributed by atoms with Gasteiger partial charge in [0.1, 0.15) is 11.4 Å². The van der Waals surface area contributed by atoms with Crippen molar-refractivity contribution in [1.82, 2.24) is 4.98 Å². The van der Waals surface area contributed by atoms with Gasteiger partial charge >= 0.3 is 5.97 Å². The van der Waals surface area contributed by atoms with Crippen LogP contribution in [0.3, 0.4) is 0 Å². The summed E-state index contributed by atoms with van der Waals surface area (Å²) in [5, 5.41) is 12.0. The summed E-state index contributed by atoms with van der Waals surface area (Å²) in [6.07, 6.45) is 1.55. The molecule has 2 aromatic rings. The number of aromatic nitrogens is 1. The second-order valence-corrected chi connectivity index (χ2v) is 4.26. The fraction of sp³-hybridized carbons (Fsp3) is 0. The van der Waals surface area contributed by atoms with Crippen LogP contribution in [0, 0.1) is 0 Å². The second-order valence-electron chi connectivity index (χ2n) is 3.34. The number of carbonyl (C=O) groups is 1. The highest BCUT2D eigenvalue weighted by molar-refractivity contribution is 9.10. The number of pyridine rings is 1. The summed E-state index contributed by atoms with van der Waals surface area (Å²) in [6.45, 7) is 0. The Kier molecular flexibility index (Phi) is 3.39. The number of nitrogens with one attached hydrogen (secondary N) is 1. The molecule has 0 atom stereocenters. The van der Waals surface area contributed by atoms with Crippen LogP contribution in [0.4, 0.5) is 11.5 Å². The van der Waals surface area contributed by atoms with Gasteiger partial charge in [-0.2, -0.15) is 0 Å². The fourth-order valence-electron chi connectivity index (χ4n) is 1.38. The van der Waals surface area contributed by atoms with Crippen molar-refractivity contribution in [3.63, 3.8) is 0 Å². The van der Waals surface area contributed by atoms with Crippen LogP contribution >= 0.6 is 15.9 Å². The lowest BCUT2D eigenvalue weighted by molar-refractivity contribution is 0.0697. The Morgan fingerprint density at radius 3 is 2.82 bits per heavy atom. The average Bonchev–Trinajstić information content (AvgIpc) is 2.29. The molecule has 0 aliphatic carbocycles. The van der Waals surface area contributed by atoms with Crippen LogP contribution in [0.25, 0.3) is 0 Å². The summed E-state index contributed by atoms with van der Waals surface area (Å²) >= 11 is 3.35. The first kappa shape index (κ1) is 11.6. The van der Waals surface area contributed by atoms with E-state index in [2.05, 4.69) is 26.2 Å². The molecule has 1 aromatic carbocycles. The van der Waals surface area contributed by atoms with Crippen molar-refractivity contribution < 1.29 is 9.90 Å². The number of hydrogen-bond acceptors (Lipinski definition) is 3. The van der Waals surface area contributed by atoms with E-state index in [4.69, 9.17) is 5.11 Å². The zero-order valence-electron chi connectivity index (χ0n) is 8.72. The predicted molar refractivity (Wildman–Crippen MR) is 68.6 cm³/mol. The van der Waals surface area contributed by atoms with Crippen molar-refractivity contribution in [3.8, 4) is 0 Å². The maximum atomic E-state index is 11.0. The van der Waals surface area contributed by atoms with Crippen molar-refractivity contribution in [2.24, 2.45) is 0 Å². The van der Waals surface area contributed by atoms with E-state index in [1.54, 1.807) is 12.3 Å². The topological polar surface area (TPSA) is 62.2 Å². The lowest BCUT2D eigenvalue weighted by Crippen LogP contribution is -2.04. The molecule has 0 spiro atoms. The van der Waals surface area contributed by atoms with E-state index in [1.165, 1.54) is 6.07 Å². The Balaban J connectivity index is 2.33. The van der Waals surface area contributed by atoms with E-state index < -0.39 is 5.97 Å². The Hall–Kier alpha value is -1.88. The highest BCUT2D eigenvalue weighted by Gasteiger charge is 2.10. The lowest BCUT2D eigenvalue weighted by Gasteiger charge is -2.08. The van der Waals surface area contributed by atoms with Gasteiger partial charge in [0.25, 0.3) is 0 Å². The largest absolute Gasteiger partial charge is 0.478 e. The van der Waals surface area contributed by atoms with Gasteiger partial charge in [-0.15, -0.1) is 0 Å². The standard InChI is InChI=1S/C12H9BrN2O2/c13-8-3-1-4-9(7-8)15-11-10(12(16)17)5-2-6-14-11/h1-7H,(H,14,15)(H,16,17).